The first-order valence-electron chi connectivity index (χ1n) is 6.36. The number of hydrogen-bond donors (Lipinski definition) is 1. The van der Waals surface area contributed by atoms with Crippen LogP contribution in [0.15, 0.2) is 0 Å². The molecule has 0 aromatic rings. The van der Waals surface area contributed by atoms with Gasteiger partial charge in [-0.1, -0.05) is 0 Å². The maximum Gasteiger partial charge on any atom is 0.0700 e. The molecule has 1 saturated heterocycles. The first-order chi connectivity index (χ1) is 7.86. The molecule has 0 saturated carbocycles. The Bertz CT molecular complexity index is 167. The fourth-order valence-electron chi connectivity index (χ4n) is 2.09. The highest BCUT2D eigenvalue weighted by atomic mass is 16.5. The summed E-state index contributed by atoms with van der Waals surface area (Å²) in [5.74, 6) is 0.734. The molecule has 0 aromatic heterocycles. The van der Waals surface area contributed by atoms with Crippen molar-refractivity contribution in [1.82, 2.24) is 4.90 Å². The average Bonchev–Trinajstić information content (AvgIpc) is 2.76. The minimum Gasteiger partial charge on any atom is -0.382 e. The van der Waals surface area contributed by atoms with Gasteiger partial charge in [0.05, 0.1) is 13.2 Å². The molecule has 4 heteroatoms. The molecule has 0 aliphatic carbocycles. The number of rotatable bonds is 9. The molecular formula is C12H26N2O2. The van der Waals surface area contributed by atoms with Crippen molar-refractivity contribution in [1.29, 1.82) is 0 Å². The fraction of sp³-hybridized carbons (Fsp3) is 1.00. The monoisotopic (exact) mass is 230 g/mol. The molecule has 1 atom stereocenters. The molecule has 1 fully saturated rings. The molecule has 0 radical (unpaired) electrons. The van der Waals surface area contributed by atoms with Gasteiger partial charge < -0.3 is 20.1 Å². The van der Waals surface area contributed by atoms with Crippen LogP contribution in [0.25, 0.3) is 0 Å². The Hall–Kier alpha value is -0.160. The molecule has 1 unspecified atom stereocenters. The van der Waals surface area contributed by atoms with Crippen LogP contribution in [0.2, 0.25) is 0 Å². The molecular weight excluding hydrogens is 204 g/mol. The third-order valence-corrected chi connectivity index (χ3v) is 3.15. The van der Waals surface area contributed by atoms with E-state index in [2.05, 4.69) is 4.90 Å². The molecule has 0 spiro atoms. The third kappa shape index (κ3) is 5.80. The van der Waals surface area contributed by atoms with E-state index in [1.165, 1.54) is 32.5 Å². The zero-order chi connectivity index (χ0) is 11.6. The molecule has 0 amide bonds. The van der Waals surface area contributed by atoms with Crippen molar-refractivity contribution < 1.29 is 9.47 Å². The number of nitrogens with zero attached hydrogens (tertiary/aromatic N) is 1. The SMILES string of the molecule is COCCOCCCCN1CCC(CN)C1. The maximum atomic E-state index is 5.66. The highest BCUT2D eigenvalue weighted by Gasteiger charge is 2.19. The van der Waals surface area contributed by atoms with E-state index in [-0.39, 0.29) is 0 Å². The van der Waals surface area contributed by atoms with E-state index in [0.717, 1.165) is 32.1 Å². The van der Waals surface area contributed by atoms with E-state index >= 15 is 0 Å². The van der Waals surface area contributed by atoms with Crippen LogP contribution in [0.1, 0.15) is 19.3 Å². The smallest absolute Gasteiger partial charge is 0.0700 e. The van der Waals surface area contributed by atoms with Crippen LogP contribution in [0.5, 0.6) is 0 Å². The summed E-state index contributed by atoms with van der Waals surface area (Å²) in [4.78, 5) is 2.52. The number of methoxy groups -OCH3 is 1. The molecule has 16 heavy (non-hydrogen) atoms. The van der Waals surface area contributed by atoms with Crippen molar-refractivity contribution in [3.05, 3.63) is 0 Å². The van der Waals surface area contributed by atoms with Gasteiger partial charge >= 0.3 is 0 Å². The Morgan fingerprint density at radius 3 is 2.81 bits per heavy atom. The molecule has 1 heterocycles. The number of unbranched alkanes of at least 4 members (excludes halogenated alkanes) is 1. The molecule has 2 N–H and O–H groups in total. The highest BCUT2D eigenvalue weighted by Crippen LogP contribution is 2.14. The topological polar surface area (TPSA) is 47.7 Å². The molecule has 1 rings (SSSR count). The van der Waals surface area contributed by atoms with Crippen molar-refractivity contribution in [3.63, 3.8) is 0 Å². The second-order valence-electron chi connectivity index (χ2n) is 4.50. The predicted octanol–water partition coefficient (Wildman–Crippen LogP) is 0.710. The lowest BCUT2D eigenvalue weighted by molar-refractivity contribution is 0.0679. The van der Waals surface area contributed by atoms with Gasteiger partial charge in [-0.25, -0.2) is 0 Å². The fourth-order valence-corrected chi connectivity index (χ4v) is 2.09. The van der Waals surface area contributed by atoms with Crippen LogP contribution in [0, 0.1) is 5.92 Å². The molecule has 96 valence electrons. The summed E-state index contributed by atoms with van der Waals surface area (Å²) in [6.45, 7) is 6.74. The van der Waals surface area contributed by atoms with Gasteiger partial charge in [0.2, 0.25) is 0 Å². The van der Waals surface area contributed by atoms with Gasteiger partial charge in [0.25, 0.3) is 0 Å². The summed E-state index contributed by atoms with van der Waals surface area (Å²) in [7, 11) is 1.70. The number of ether oxygens (including phenoxy) is 2. The lowest BCUT2D eigenvalue weighted by atomic mass is 10.1. The number of nitrogens with two attached hydrogens (primary N) is 1. The van der Waals surface area contributed by atoms with Gasteiger partial charge in [-0.15, -0.1) is 0 Å². The summed E-state index contributed by atoms with van der Waals surface area (Å²) in [6.07, 6.45) is 3.65. The highest BCUT2D eigenvalue weighted by molar-refractivity contribution is 4.75. The van der Waals surface area contributed by atoms with Crippen molar-refractivity contribution >= 4 is 0 Å². The van der Waals surface area contributed by atoms with E-state index in [4.69, 9.17) is 15.2 Å². The second-order valence-corrected chi connectivity index (χ2v) is 4.50. The molecule has 0 bridgehead atoms. The standard InChI is InChI=1S/C12H26N2O2/c1-15-8-9-16-7-3-2-5-14-6-4-12(10-13)11-14/h12H,2-11,13H2,1H3. The maximum absolute atomic E-state index is 5.66. The van der Waals surface area contributed by atoms with Crippen LogP contribution in [0.4, 0.5) is 0 Å². The van der Waals surface area contributed by atoms with E-state index in [9.17, 15) is 0 Å². The van der Waals surface area contributed by atoms with E-state index < -0.39 is 0 Å². The van der Waals surface area contributed by atoms with Gasteiger partial charge in [-0.2, -0.15) is 0 Å². The third-order valence-electron chi connectivity index (χ3n) is 3.15. The minimum absolute atomic E-state index is 0.699. The van der Waals surface area contributed by atoms with Gasteiger partial charge in [0, 0.05) is 20.3 Å². The summed E-state index contributed by atoms with van der Waals surface area (Å²) in [5, 5.41) is 0. The average molecular weight is 230 g/mol. The van der Waals surface area contributed by atoms with Gasteiger partial charge in [-0.3, -0.25) is 0 Å². The van der Waals surface area contributed by atoms with Crippen molar-refractivity contribution in [2.75, 3.05) is 53.1 Å². The molecule has 0 aromatic carbocycles. The molecule has 4 nitrogen and oxygen atoms in total. The normalized spacial score (nSPS) is 21.8. The van der Waals surface area contributed by atoms with E-state index in [0.29, 0.717) is 6.61 Å². The second kappa shape index (κ2) is 8.93. The summed E-state index contributed by atoms with van der Waals surface area (Å²) in [6, 6.07) is 0. The van der Waals surface area contributed by atoms with Crippen LogP contribution in [-0.2, 0) is 9.47 Å². The van der Waals surface area contributed by atoms with Gasteiger partial charge in [0.15, 0.2) is 0 Å². The van der Waals surface area contributed by atoms with Gasteiger partial charge in [-0.05, 0) is 44.8 Å². The molecule has 1 aliphatic heterocycles. The first kappa shape index (κ1) is 13.9. The van der Waals surface area contributed by atoms with Crippen LogP contribution >= 0.6 is 0 Å². The lowest BCUT2D eigenvalue weighted by Gasteiger charge is -2.15. The predicted molar refractivity (Wildman–Crippen MR) is 65.5 cm³/mol. The summed E-state index contributed by atoms with van der Waals surface area (Å²) >= 11 is 0. The number of likely N-dealkylation sites (tertiary alicyclic amines) is 1. The zero-order valence-electron chi connectivity index (χ0n) is 10.5. The minimum atomic E-state index is 0.699. The Balaban J connectivity index is 1.84. The summed E-state index contributed by atoms with van der Waals surface area (Å²) < 4.78 is 10.3. The Morgan fingerprint density at radius 1 is 1.25 bits per heavy atom. The number of hydrogen-bond acceptors (Lipinski definition) is 4. The Morgan fingerprint density at radius 2 is 2.12 bits per heavy atom. The Kier molecular flexibility index (Phi) is 7.76. The quantitative estimate of drug-likeness (QED) is 0.593. The van der Waals surface area contributed by atoms with Gasteiger partial charge in [0.1, 0.15) is 0 Å². The largest absolute Gasteiger partial charge is 0.382 e. The van der Waals surface area contributed by atoms with Crippen molar-refractivity contribution in [2.24, 2.45) is 11.7 Å². The van der Waals surface area contributed by atoms with E-state index in [1.54, 1.807) is 7.11 Å². The zero-order valence-corrected chi connectivity index (χ0v) is 10.5. The van der Waals surface area contributed by atoms with E-state index in [1.807, 2.05) is 0 Å². The van der Waals surface area contributed by atoms with Crippen molar-refractivity contribution in [2.45, 2.75) is 19.3 Å². The lowest BCUT2D eigenvalue weighted by Crippen LogP contribution is -2.24. The van der Waals surface area contributed by atoms with Crippen molar-refractivity contribution in [3.8, 4) is 0 Å². The van der Waals surface area contributed by atoms with Crippen LogP contribution < -0.4 is 5.73 Å². The summed E-state index contributed by atoms with van der Waals surface area (Å²) in [5.41, 5.74) is 5.66. The van der Waals surface area contributed by atoms with Crippen LogP contribution in [-0.4, -0.2) is 58.0 Å². The molecule has 1 aliphatic rings. The van der Waals surface area contributed by atoms with Crippen LogP contribution in [0.3, 0.4) is 0 Å². The first-order valence-corrected chi connectivity index (χ1v) is 6.36. The Labute approximate surface area is 99.1 Å².